The Kier molecular flexibility index (Phi) is 6.48. The molecule has 2 saturated heterocycles. The van der Waals surface area contributed by atoms with Gasteiger partial charge < -0.3 is 5.32 Å². The van der Waals surface area contributed by atoms with Crippen molar-refractivity contribution in [2.45, 2.75) is 50.7 Å². The molecule has 0 radical (unpaired) electrons. The fraction of sp³-hybridized carbons (Fsp3) is 0.400. The number of fused-ring (bicyclic) bond motifs is 1. The number of nitrogens with zero attached hydrogens (tertiary/aromatic N) is 4. The van der Waals surface area contributed by atoms with Crippen molar-refractivity contribution in [1.82, 2.24) is 25.2 Å². The van der Waals surface area contributed by atoms with Crippen LogP contribution >= 0.6 is 0 Å². The zero-order chi connectivity index (χ0) is 25.3. The van der Waals surface area contributed by atoms with E-state index in [0.29, 0.717) is 42.8 Å². The maximum absolute atomic E-state index is 13.4. The Balaban J connectivity index is 1.29. The number of benzene rings is 2. The monoisotopic (exact) mass is 496 g/mol. The molecule has 2 aromatic carbocycles. The lowest BCUT2D eigenvalue weighted by atomic mass is 10.1. The summed E-state index contributed by atoms with van der Waals surface area (Å²) < 4.78 is 27.8. The third-order valence-corrected chi connectivity index (χ3v) is 6.72. The van der Waals surface area contributed by atoms with Gasteiger partial charge in [0.2, 0.25) is 5.91 Å². The molecule has 5 rings (SSSR count). The van der Waals surface area contributed by atoms with Crippen LogP contribution < -0.4 is 16.2 Å². The molecule has 2 aliphatic rings. The summed E-state index contributed by atoms with van der Waals surface area (Å²) in [7, 11) is 0. The summed E-state index contributed by atoms with van der Waals surface area (Å²) in [5.41, 5.74) is 2.53. The van der Waals surface area contributed by atoms with Crippen LogP contribution in [0.3, 0.4) is 0 Å². The highest BCUT2D eigenvalue weighted by atomic mass is 19.3. The molecule has 9 nitrogen and oxygen atoms in total. The lowest BCUT2D eigenvalue weighted by molar-refractivity contribution is -0.136. The van der Waals surface area contributed by atoms with Crippen LogP contribution in [0.5, 0.6) is 0 Å². The second kappa shape index (κ2) is 9.73. The molecule has 3 aromatic rings. The highest BCUT2D eigenvalue weighted by Gasteiger charge is 2.34. The highest BCUT2D eigenvalue weighted by Crippen LogP contribution is 2.28. The van der Waals surface area contributed by atoms with Crippen molar-refractivity contribution >= 4 is 28.4 Å². The minimum atomic E-state index is -2.55. The van der Waals surface area contributed by atoms with Crippen LogP contribution in [0.15, 0.2) is 47.3 Å². The Hall–Kier alpha value is -3.73. The van der Waals surface area contributed by atoms with Crippen LogP contribution in [0.2, 0.25) is 0 Å². The van der Waals surface area contributed by atoms with Gasteiger partial charge in [-0.1, -0.05) is 35.5 Å². The first-order chi connectivity index (χ1) is 17.3. The van der Waals surface area contributed by atoms with Gasteiger partial charge in [0.05, 0.1) is 5.39 Å². The van der Waals surface area contributed by atoms with Gasteiger partial charge in [-0.3, -0.25) is 24.6 Å². The third-order valence-electron chi connectivity index (χ3n) is 6.72. The van der Waals surface area contributed by atoms with Crippen LogP contribution in [0.1, 0.15) is 42.9 Å². The quantitative estimate of drug-likeness (QED) is 0.505. The van der Waals surface area contributed by atoms with Crippen molar-refractivity contribution in [3.8, 4) is 0 Å². The number of alkyl halides is 2. The first-order valence-electron chi connectivity index (χ1n) is 11.9. The zero-order valence-electron chi connectivity index (χ0n) is 19.5. The van der Waals surface area contributed by atoms with E-state index in [0.717, 1.165) is 15.8 Å². The van der Waals surface area contributed by atoms with Gasteiger partial charge in [0.1, 0.15) is 11.6 Å². The van der Waals surface area contributed by atoms with Crippen molar-refractivity contribution in [3.05, 3.63) is 63.9 Å². The normalized spacial score (nSPS) is 20.3. The fourth-order valence-corrected chi connectivity index (χ4v) is 4.62. The molecule has 1 atom stereocenters. The highest BCUT2D eigenvalue weighted by molar-refractivity contribution is 5.99. The maximum atomic E-state index is 13.4. The molecular formula is C25H26F2N6O3. The smallest absolute Gasteiger partial charge is 0.280 e. The van der Waals surface area contributed by atoms with E-state index in [1.807, 2.05) is 29.2 Å². The molecule has 1 aromatic heterocycles. The molecule has 2 aliphatic heterocycles. The van der Waals surface area contributed by atoms with E-state index >= 15 is 0 Å². The van der Waals surface area contributed by atoms with Crippen molar-refractivity contribution < 1.29 is 18.4 Å². The number of carbonyl (C=O) groups is 2. The number of aromatic nitrogens is 3. The Morgan fingerprint density at radius 2 is 1.75 bits per heavy atom. The molecule has 0 bridgehead atoms. The number of anilines is 1. The summed E-state index contributed by atoms with van der Waals surface area (Å²) in [5, 5.41) is 13.9. The number of halogens is 2. The van der Waals surface area contributed by atoms with Crippen LogP contribution in [0.25, 0.3) is 10.9 Å². The Morgan fingerprint density at radius 1 is 1.03 bits per heavy atom. The zero-order valence-corrected chi connectivity index (χ0v) is 19.5. The average molecular weight is 497 g/mol. The largest absolute Gasteiger partial charge is 0.380 e. The molecule has 0 saturated carbocycles. The SMILES string of the molecule is O=C1CCC(n2nnc3cccc(NCc4ccc(CN5CCC(F)(F)CC5)cc4)c3c2=O)C(=O)N1. The maximum Gasteiger partial charge on any atom is 0.280 e. The molecule has 2 amide bonds. The molecule has 1 unspecified atom stereocenters. The van der Waals surface area contributed by atoms with E-state index in [4.69, 9.17) is 0 Å². The summed E-state index contributed by atoms with van der Waals surface area (Å²) in [6.07, 6.45) is 0.112. The van der Waals surface area contributed by atoms with Gasteiger partial charge in [0.25, 0.3) is 17.4 Å². The van der Waals surface area contributed by atoms with E-state index < -0.39 is 23.4 Å². The summed E-state index contributed by atoms with van der Waals surface area (Å²) in [4.78, 5) is 39.0. The molecular weight excluding hydrogens is 470 g/mol. The molecule has 2 N–H and O–H groups in total. The Labute approximate surface area is 205 Å². The summed E-state index contributed by atoms with van der Waals surface area (Å²) >= 11 is 0. The Morgan fingerprint density at radius 3 is 2.47 bits per heavy atom. The number of hydrogen-bond acceptors (Lipinski definition) is 7. The number of amides is 2. The molecule has 11 heteroatoms. The number of imide groups is 1. The molecule has 0 aliphatic carbocycles. The summed E-state index contributed by atoms with van der Waals surface area (Å²) in [6.45, 7) is 1.84. The first-order valence-corrected chi connectivity index (χ1v) is 11.9. The Bertz CT molecular complexity index is 1350. The lowest BCUT2D eigenvalue weighted by Crippen LogP contribution is -2.45. The third kappa shape index (κ3) is 5.11. The minimum Gasteiger partial charge on any atom is -0.380 e. The summed E-state index contributed by atoms with van der Waals surface area (Å²) in [6, 6.07) is 12.2. The van der Waals surface area contributed by atoms with Gasteiger partial charge >= 0.3 is 0 Å². The van der Waals surface area contributed by atoms with Crippen molar-refractivity contribution in [2.24, 2.45) is 0 Å². The molecule has 0 spiro atoms. The van der Waals surface area contributed by atoms with Gasteiger partial charge in [0, 0.05) is 51.1 Å². The van der Waals surface area contributed by atoms with Crippen LogP contribution in [-0.4, -0.2) is 50.7 Å². The van der Waals surface area contributed by atoms with Gasteiger partial charge in [-0.15, -0.1) is 5.10 Å². The van der Waals surface area contributed by atoms with E-state index in [1.54, 1.807) is 18.2 Å². The second-order valence-corrected chi connectivity index (χ2v) is 9.31. The molecule has 2 fully saturated rings. The number of hydrogen-bond donors (Lipinski definition) is 2. The van der Waals surface area contributed by atoms with Gasteiger partial charge in [-0.05, 0) is 29.7 Å². The van der Waals surface area contributed by atoms with E-state index in [1.165, 1.54) is 0 Å². The van der Waals surface area contributed by atoms with Gasteiger partial charge in [-0.2, -0.15) is 4.68 Å². The number of carbonyl (C=O) groups excluding carboxylic acids is 2. The van der Waals surface area contributed by atoms with Crippen molar-refractivity contribution in [3.63, 3.8) is 0 Å². The van der Waals surface area contributed by atoms with Crippen molar-refractivity contribution in [1.29, 1.82) is 0 Å². The first kappa shape index (κ1) is 24.0. The van der Waals surface area contributed by atoms with Crippen LogP contribution in [-0.2, 0) is 22.7 Å². The second-order valence-electron chi connectivity index (χ2n) is 9.31. The summed E-state index contributed by atoms with van der Waals surface area (Å²) in [5.74, 6) is -3.49. The van der Waals surface area contributed by atoms with E-state index in [2.05, 4.69) is 20.9 Å². The molecule has 3 heterocycles. The molecule has 188 valence electrons. The number of likely N-dealkylation sites (tertiary alicyclic amines) is 1. The predicted molar refractivity (Wildman–Crippen MR) is 128 cm³/mol. The van der Waals surface area contributed by atoms with Gasteiger partial charge in [0.15, 0.2) is 0 Å². The lowest BCUT2D eigenvalue weighted by Gasteiger charge is -2.31. The van der Waals surface area contributed by atoms with E-state index in [-0.39, 0.29) is 31.6 Å². The predicted octanol–water partition coefficient (Wildman–Crippen LogP) is 2.61. The van der Waals surface area contributed by atoms with Crippen LogP contribution in [0, 0.1) is 0 Å². The van der Waals surface area contributed by atoms with Gasteiger partial charge in [-0.25, -0.2) is 8.78 Å². The van der Waals surface area contributed by atoms with E-state index in [9.17, 15) is 23.2 Å². The topological polar surface area (TPSA) is 109 Å². The standard InChI is InChI=1S/C25H26F2N6O3/c26-25(27)10-12-32(13-11-25)15-17-6-4-16(5-7-17)14-28-18-2-1-3-19-22(18)24(36)33(31-30-19)20-8-9-21(34)29-23(20)35/h1-7,20,28H,8-15H2,(H,29,34,35). The van der Waals surface area contributed by atoms with Crippen molar-refractivity contribution in [2.75, 3.05) is 18.4 Å². The number of rotatable bonds is 6. The number of nitrogens with one attached hydrogen (secondary N) is 2. The van der Waals surface area contributed by atoms with Crippen LogP contribution in [0.4, 0.5) is 14.5 Å². The number of piperidine rings is 2. The fourth-order valence-electron chi connectivity index (χ4n) is 4.62. The average Bonchev–Trinajstić information content (AvgIpc) is 2.86. The molecule has 36 heavy (non-hydrogen) atoms. The minimum absolute atomic E-state index is 0.102.